The second kappa shape index (κ2) is 3.72. The van der Waals surface area contributed by atoms with Crippen LogP contribution in [0.5, 0.6) is 0 Å². The van der Waals surface area contributed by atoms with Gasteiger partial charge in [0.15, 0.2) is 6.17 Å². The Bertz CT molecular complexity index is 335. The van der Waals surface area contributed by atoms with Crippen molar-refractivity contribution in [1.29, 1.82) is 0 Å². The summed E-state index contributed by atoms with van der Waals surface area (Å²) in [6.07, 6.45) is -8.96. The average Bonchev–Trinajstić information content (AvgIpc) is 2.43. The van der Waals surface area contributed by atoms with E-state index in [2.05, 4.69) is 10.4 Å². The molecule has 1 rings (SSSR count). The van der Waals surface area contributed by atoms with Gasteiger partial charge in [-0.3, -0.25) is 0 Å². The van der Waals surface area contributed by atoms with Crippen LogP contribution >= 0.6 is 0 Å². The van der Waals surface area contributed by atoms with Crippen LogP contribution in [-0.2, 0) is 0 Å². The SMILES string of the molecule is CC1=NC(C(F)(F)C(F)(F)C(F)(F)F)N(C)N1. The summed E-state index contributed by atoms with van der Waals surface area (Å²) >= 11 is 0. The first-order valence-electron chi connectivity index (χ1n) is 4.27. The van der Waals surface area contributed by atoms with E-state index in [1.807, 2.05) is 0 Å². The molecule has 0 spiro atoms. The van der Waals surface area contributed by atoms with Crippen LogP contribution in [0.15, 0.2) is 4.99 Å². The van der Waals surface area contributed by atoms with Gasteiger partial charge in [0.25, 0.3) is 0 Å². The normalized spacial score (nSPS) is 23.6. The van der Waals surface area contributed by atoms with Gasteiger partial charge < -0.3 is 5.43 Å². The molecule has 0 saturated carbocycles. The summed E-state index contributed by atoms with van der Waals surface area (Å²) in [7, 11) is 0.894. The molecule has 1 heterocycles. The summed E-state index contributed by atoms with van der Waals surface area (Å²) in [6, 6.07) is 0. The minimum Gasteiger partial charge on any atom is -0.305 e. The first-order valence-corrected chi connectivity index (χ1v) is 4.27. The number of hydrazine groups is 1. The molecule has 0 fully saturated rings. The van der Waals surface area contributed by atoms with Crippen molar-refractivity contribution in [3.05, 3.63) is 0 Å². The van der Waals surface area contributed by atoms with E-state index in [4.69, 9.17) is 0 Å². The van der Waals surface area contributed by atoms with Crippen LogP contribution in [0.4, 0.5) is 30.7 Å². The molecule has 3 nitrogen and oxygen atoms in total. The Morgan fingerprint density at radius 2 is 1.59 bits per heavy atom. The third-order valence-electron chi connectivity index (χ3n) is 2.12. The lowest BCUT2D eigenvalue weighted by Crippen LogP contribution is -2.61. The molecule has 0 amide bonds. The van der Waals surface area contributed by atoms with Crippen LogP contribution in [0, 0.1) is 0 Å². The maximum atomic E-state index is 13.2. The fourth-order valence-electron chi connectivity index (χ4n) is 1.29. The summed E-state index contributed by atoms with van der Waals surface area (Å²) in [4.78, 5) is 3.02. The molecular formula is C7H8F7N3. The van der Waals surface area contributed by atoms with Gasteiger partial charge in [-0.05, 0) is 6.92 Å². The summed E-state index contributed by atoms with van der Waals surface area (Å²) in [5.74, 6) is -11.7. The third-order valence-corrected chi connectivity index (χ3v) is 2.12. The summed E-state index contributed by atoms with van der Waals surface area (Å²) < 4.78 is 87.3. The van der Waals surface area contributed by atoms with Crippen LogP contribution in [0.2, 0.25) is 0 Å². The van der Waals surface area contributed by atoms with Gasteiger partial charge in [-0.2, -0.15) is 35.7 Å². The number of hydrogen-bond donors (Lipinski definition) is 1. The van der Waals surface area contributed by atoms with Crippen LogP contribution < -0.4 is 5.43 Å². The monoisotopic (exact) mass is 267 g/mol. The van der Waals surface area contributed by atoms with Crippen LogP contribution in [-0.4, -0.2) is 42.1 Å². The van der Waals surface area contributed by atoms with Crippen molar-refractivity contribution in [2.24, 2.45) is 4.99 Å². The molecule has 0 aliphatic carbocycles. The molecule has 0 saturated heterocycles. The van der Waals surface area contributed by atoms with Crippen LogP contribution in [0.3, 0.4) is 0 Å². The van der Waals surface area contributed by atoms with E-state index in [9.17, 15) is 30.7 Å². The highest BCUT2D eigenvalue weighted by atomic mass is 19.4. The van der Waals surface area contributed by atoms with Gasteiger partial charge in [-0.15, -0.1) is 0 Å². The lowest BCUT2D eigenvalue weighted by Gasteiger charge is -2.33. The van der Waals surface area contributed by atoms with Gasteiger partial charge in [0.1, 0.15) is 5.84 Å². The lowest BCUT2D eigenvalue weighted by molar-refractivity contribution is -0.364. The highest BCUT2D eigenvalue weighted by molar-refractivity contribution is 5.80. The van der Waals surface area contributed by atoms with Crippen molar-refractivity contribution >= 4 is 5.84 Å². The quantitative estimate of drug-likeness (QED) is 0.775. The van der Waals surface area contributed by atoms with E-state index in [1.165, 1.54) is 0 Å². The molecule has 0 radical (unpaired) electrons. The Morgan fingerprint density at radius 1 is 1.12 bits per heavy atom. The maximum Gasteiger partial charge on any atom is 0.460 e. The second-order valence-electron chi connectivity index (χ2n) is 3.51. The molecular weight excluding hydrogens is 259 g/mol. The lowest BCUT2D eigenvalue weighted by atomic mass is 10.1. The number of nitrogens with zero attached hydrogens (tertiary/aromatic N) is 2. The van der Waals surface area contributed by atoms with Crippen molar-refractivity contribution in [3.8, 4) is 0 Å². The highest BCUT2D eigenvalue weighted by Crippen LogP contribution is 2.49. The average molecular weight is 267 g/mol. The standard InChI is InChI=1S/C7H8F7N3/c1-3-15-4(17(2)16-3)5(8,9)6(10,11)7(12,13)14/h4H,1-2H3,(H,15,16). The molecule has 100 valence electrons. The zero-order valence-corrected chi connectivity index (χ0v) is 8.62. The summed E-state index contributed by atoms with van der Waals surface area (Å²) in [6.45, 7) is 1.16. The Morgan fingerprint density at radius 3 is 1.88 bits per heavy atom. The Labute approximate surface area is 91.3 Å². The van der Waals surface area contributed by atoms with Gasteiger partial charge in [0.2, 0.25) is 0 Å². The van der Waals surface area contributed by atoms with Crippen molar-refractivity contribution in [2.45, 2.75) is 31.1 Å². The smallest absolute Gasteiger partial charge is 0.305 e. The van der Waals surface area contributed by atoms with Gasteiger partial charge in [0, 0.05) is 7.05 Å². The fourth-order valence-corrected chi connectivity index (χ4v) is 1.29. The largest absolute Gasteiger partial charge is 0.460 e. The number of nitrogens with one attached hydrogen (secondary N) is 1. The summed E-state index contributed by atoms with van der Waals surface area (Å²) in [5.41, 5.74) is 2.10. The number of alkyl halides is 7. The number of hydrogen-bond acceptors (Lipinski definition) is 3. The minimum atomic E-state index is -6.34. The van der Waals surface area contributed by atoms with E-state index >= 15 is 0 Å². The Hall–Kier alpha value is -1.06. The molecule has 1 unspecified atom stereocenters. The summed E-state index contributed by atoms with van der Waals surface area (Å²) in [5, 5.41) is 0.398. The Kier molecular flexibility index (Phi) is 3.06. The van der Waals surface area contributed by atoms with E-state index < -0.39 is 24.2 Å². The number of aliphatic imine (C=N–C) groups is 1. The molecule has 1 aliphatic heterocycles. The van der Waals surface area contributed by atoms with Crippen molar-refractivity contribution in [3.63, 3.8) is 0 Å². The van der Waals surface area contributed by atoms with Gasteiger partial charge >= 0.3 is 18.0 Å². The molecule has 0 bridgehead atoms. The number of amidine groups is 1. The molecule has 1 atom stereocenters. The van der Waals surface area contributed by atoms with Crippen molar-refractivity contribution in [2.75, 3.05) is 7.05 Å². The van der Waals surface area contributed by atoms with E-state index in [-0.39, 0.29) is 5.84 Å². The van der Waals surface area contributed by atoms with E-state index in [0.717, 1.165) is 14.0 Å². The molecule has 0 aromatic carbocycles. The van der Waals surface area contributed by atoms with Gasteiger partial charge in [-0.25, -0.2) is 4.99 Å². The predicted octanol–water partition coefficient (Wildman–Crippen LogP) is 2.01. The van der Waals surface area contributed by atoms with Crippen molar-refractivity contribution < 1.29 is 30.7 Å². The molecule has 10 heteroatoms. The number of halogens is 7. The molecule has 0 aromatic heterocycles. The van der Waals surface area contributed by atoms with Gasteiger partial charge in [-0.1, -0.05) is 0 Å². The zero-order valence-electron chi connectivity index (χ0n) is 8.62. The number of rotatable bonds is 2. The molecule has 17 heavy (non-hydrogen) atoms. The third kappa shape index (κ3) is 2.05. The van der Waals surface area contributed by atoms with E-state index in [1.54, 1.807) is 0 Å². The predicted molar refractivity (Wildman–Crippen MR) is 43.7 cm³/mol. The molecule has 1 N–H and O–H groups in total. The second-order valence-corrected chi connectivity index (χ2v) is 3.51. The Balaban J connectivity index is 3.11. The maximum absolute atomic E-state index is 13.2. The van der Waals surface area contributed by atoms with Crippen molar-refractivity contribution in [1.82, 2.24) is 10.4 Å². The van der Waals surface area contributed by atoms with Crippen LogP contribution in [0.1, 0.15) is 6.92 Å². The fraction of sp³-hybridized carbons (Fsp3) is 0.857. The molecule has 0 aromatic rings. The zero-order chi connectivity index (χ0) is 13.6. The van der Waals surface area contributed by atoms with Crippen LogP contribution in [0.25, 0.3) is 0 Å². The first kappa shape index (κ1) is 14.0. The molecule has 1 aliphatic rings. The topological polar surface area (TPSA) is 27.6 Å². The van der Waals surface area contributed by atoms with Gasteiger partial charge in [0.05, 0.1) is 0 Å². The van der Waals surface area contributed by atoms with E-state index in [0.29, 0.717) is 5.01 Å². The first-order chi connectivity index (χ1) is 7.41. The minimum absolute atomic E-state index is 0.171. The highest BCUT2D eigenvalue weighted by Gasteiger charge is 2.76.